The molecule has 29 heavy (non-hydrogen) atoms. The Morgan fingerprint density at radius 3 is 2.41 bits per heavy atom. The molecule has 9 heteroatoms. The van der Waals surface area contributed by atoms with Crippen LogP contribution in [0.1, 0.15) is 34.3 Å². The third-order valence-corrected chi connectivity index (χ3v) is 5.62. The summed E-state index contributed by atoms with van der Waals surface area (Å²) in [5.41, 5.74) is -0.359. The number of hydrogen-bond acceptors (Lipinski definition) is 3. The monoisotopic (exact) mass is 422 g/mol. The van der Waals surface area contributed by atoms with E-state index in [9.17, 15) is 26.4 Å². The lowest BCUT2D eigenvalue weighted by Gasteiger charge is -2.07. The van der Waals surface area contributed by atoms with Crippen molar-refractivity contribution >= 4 is 15.9 Å². The van der Waals surface area contributed by atoms with Crippen LogP contribution in [-0.2, 0) is 16.2 Å². The average Bonchev–Trinajstić information content (AvgIpc) is 3.48. The number of amides is 1. The number of benzene rings is 2. The van der Waals surface area contributed by atoms with E-state index in [1.807, 2.05) is 0 Å². The summed E-state index contributed by atoms with van der Waals surface area (Å²) in [4.78, 5) is 12.2. The second-order valence-corrected chi connectivity index (χ2v) is 8.20. The number of carbonyl (C=O) groups is 1. The van der Waals surface area contributed by atoms with Gasteiger partial charge in [-0.1, -0.05) is 17.9 Å². The van der Waals surface area contributed by atoms with Crippen molar-refractivity contribution in [2.24, 2.45) is 0 Å². The minimum atomic E-state index is -4.44. The van der Waals surface area contributed by atoms with Crippen LogP contribution in [0.2, 0.25) is 0 Å². The molecule has 0 aromatic heterocycles. The fourth-order valence-electron chi connectivity index (χ4n) is 2.42. The summed E-state index contributed by atoms with van der Waals surface area (Å²) in [7, 11) is -3.59. The lowest BCUT2D eigenvalue weighted by Crippen LogP contribution is -2.26. The third-order valence-electron chi connectivity index (χ3n) is 4.09. The molecule has 0 saturated heterocycles. The first-order valence-electron chi connectivity index (χ1n) is 8.72. The molecule has 2 aromatic rings. The van der Waals surface area contributed by atoms with Crippen LogP contribution >= 0.6 is 0 Å². The van der Waals surface area contributed by atoms with Crippen LogP contribution in [0.4, 0.5) is 13.2 Å². The van der Waals surface area contributed by atoms with Gasteiger partial charge in [0, 0.05) is 17.2 Å². The number of nitrogens with one attached hydrogen (secondary N) is 2. The highest BCUT2D eigenvalue weighted by atomic mass is 32.2. The van der Waals surface area contributed by atoms with Gasteiger partial charge in [0.05, 0.1) is 17.0 Å². The zero-order chi connectivity index (χ0) is 21.1. The van der Waals surface area contributed by atoms with Crippen molar-refractivity contribution in [1.29, 1.82) is 0 Å². The van der Waals surface area contributed by atoms with Gasteiger partial charge in [0.1, 0.15) is 0 Å². The normalized spacial score (nSPS) is 14.0. The van der Waals surface area contributed by atoms with Gasteiger partial charge in [-0.05, 0) is 55.3 Å². The van der Waals surface area contributed by atoms with E-state index in [0.717, 1.165) is 25.0 Å². The molecule has 0 radical (unpaired) electrons. The van der Waals surface area contributed by atoms with Crippen LogP contribution in [0.25, 0.3) is 0 Å². The Kier molecular flexibility index (Phi) is 5.96. The minimum Gasteiger partial charge on any atom is -0.341 e. The maximum Gasteiger partial charge on any atom is 0.416 e. The van der Waals surface area contributed by atoms with E-state index in [1.165, 1.54) is 36.4 Å². The van der Waals surface area contributed by atoms with Gasteiger partial charge < -0.3 is 5.32 Å². The van der Waals surface area contributed by atoms with Crippen LogP contribution in [0, 0.1) is 11.8 Å². The summed E-state index contributed by atoms with van der Waals surface area (Å²) in [5.74, 6) is 4.68. The van der Waals surface area contributed by atoms with Crippen molar-refractivity contribution in [1.82, 2.24) is 10.0 Å². The molecule has 1 aliphatic rings. The highest BCUT2D eigenvalue weighted by molar-refractivity contribution is 7.89. The molecule has 2 N–H and O–H groups in total. The topological polar surface area (TPSA) is 75.3 Å². The number of hydrogen-bond donors (Lipinski definition) is 2. The average molecular weight is 422 g/mol. The largest absolute Gasteiger partial charge is 0.416 e. The zero-order valence-corrected chi connectivity index (χ0v) is 15.9. The summed E-state index contributed by atoms with van der Waals surface area (Å²) in [5, 5.41) is 2.51. The number of rotatable bonds is 5. The summed E-state index contributed by atoms with van der Waals surface area (Å²) in [6.45, 7) is -0.0711. The predicted octanol–water partition coefficient (Wildman–Crippen LogP) is 2.93. The Morgan fingerprint density at radius 2 is 1.79 bits per heavy atom. The number of carbonyl (C=O) groups excluding carboxylic acids is 1. The van der Waals surface area contributed by atoms with Gasteiger partial charge in [-0.2, -0.15) is 13.2 Å². The maximum atomic E-state index is 12.7. The third kappa shape index (κ3) is 5.82. The molecule has 1 fully saturated rings. The van der Waals surface area contributed by atoms with E-state index in [2.05, 4.69) is 21.9 Å². The van der Waals surface area contributed by atoms with Crippen molar-refractivity contribution in [2.75, 3.05) is 6.54 Å². The van der Waals surface area contributed by atoms with E-state index in [4.69, 9.17) is 0 Å². The van der Waals surface area contributed by atoms with Gasteiger partial charge in [0.25, 0.3) is 5.91 Å². The fourth-order valence-corrected chi connectivity index (χ4v) is 3.73. The van der Waals surface area contributed by atoms with Gasteiger partial charge >= 0.3 is 6.18 Å². The predicted molar refractivity (Wildman–Crippen MR) is 100 cm³/mol. The van der Waals surface area contributed by atoms with Crippen LogP contribution in [-0.4, -0.2) is 26.9 Å². The quantitative estimate of drug-likeness (QED) is 0.728. The van der Waals surface area contributed by atoms with Crippen molar-refractivity contribution in [2.45, 2.75) is 30.0 Å². The van der Waals surface area contributed by atoms with Crippen LogP contribution < -0.4 is 10.0 Å². The molecule has 1 saturated carbocycles. The highest BCUT2D eigenvalue weighted by Crippen LogP contribution is 2.29. The van der Waals surface area contributed by atoms with Gasteiger partial charge in [0.15, 0.2) is 0 Å². The summed E-state index contributed by atoms with van der Waals surface area (Å²) in [6, 6.07) is 10.0. The van der Waals surface area contributed by atoms with E-state index in [-0.39, 0.29) is 28.6 Å². The van der Waals surface area contributed by atoms with Crippen LogP contribution in [0.15, 0.2) is 53.4 Å². The molecular weight excluding hydrogens is 405 g/mol. The number of halogens is 3. The molecule has 152 valence electrons. The Bertz CT molecular complexity index is 1060. The molecule has 1 amide bonds. The van der Waals surface area contributed by atoms with Crippen LogP contribution in [0.5, 0.6) is 0 Å². The molecule has 5 nitrogen and oxygen atoms in total. The van der Waals surface area contributed by atoms with Crippen molar-refractivity contribution in [3.05, 3.63) is 65.2 Å². The molecule has 0 spiro atoms. The summed E-state index contributed by atoms with van der Waals surface area (Å²) in [6.07, 6.45) is -2.80. The lowest BCUT2D eigenvalue weighted by atomic mass is 10.1. The van der Waals surface area contributed by atoms with Crippen molar-refractivity contribution < 1.29 is 26.4 Å². The van der Waals surface area contributed by atoms with Gasteiger partial charge in [0.2, 0.25) is 10.0 Å². The molecule has 0 unspecified atom stereocenters. The molecule has 0 bridgehead atoms. The van der Waals surface area contributed by atoms with Gasteiger partial charge in [-0.3, -0.25) is 4.79 Å². The Morgan fingerprint density at radius 1 is 1.10 bits per heavy atom. The van der Waals surface area contributed by atoms with E-state index in [0.29, 0.717) is 0 Å². The fraction of sp³-hybridized carbons (Fsp3) is 0.250. The van der Waals surface area contributed by atoms with E-state index >= 15 is 0 Å². The second-order valence-electron chi connectivity index (χ2n) is 6.48. The van der Waals surface area contributed by atoms with E-state index in [1.54, 1.807) is 0 Å². The van der Waals surface area contributed by atoms with Crippen molar-refractivity contribution in [3.8, 4) is 11.8 Å². The first-order chi connectivity index (χ1) is 13.6. The molecular formula is C20H17F3N2O3S. The number of sulfonamides is 1. The van der Waals surface area contributed by atoms with Crippen LogP contribution in [0.3, 0.4) is 0 Å². The molecule has 2 aromatic carbocycles. The molecule has 0 atom stereocenters. The first kappa shape index (κ1) is 20.9. The second kappa shape index (κ2) is 8.27. The smallest absolute Gasteiger partial charge is 0.341 e. The molecule has 3 rings (SSSR count). The van der Waals surface area contributed by atoms with E-state index < -0.39 is 27.7 Å². The standard InChI is InChI=1S/C20H17F3N2O3S/c21-20(22,23)16-5-1-3-14(13-16)4-2-12-24-19(26)15-6-10-18(11-7-15)29(27,28)25-17-8-9-17/h1,3,5-7,10-11,13,17,25H,8-9,12H2,(H,24,26). The van der Waals surface area contributed by atoms with Crippen molar-refractivity contribution in [3.63, 3.8) is 0 Å². The zero-order valence-electron chi connectivity index (χ0n) is 15.1. The summed E-state index contributed by atoms with van der Waals surface area (Å²) < 4.78 is 64.7. The Labute approximate surface area is 166 Å². The lowest BCUT2D eigenvalue weighted by molar-refractivity contribution is -0.137. The SMILES string of the molecule is O=C(NCC#Cc1cccc(C(F)(F)F)c1)c1ccc(S(=O)(=O)NC2CC2)cc1. The summed E-state index contributed by atoms with van der Waals surface area (Å²) >= 11 is 0. The van der Waals surface area contributed by atoms with Gasteiger partial charge in [-0.25, -0.2) is 13.1 Å². The molecule has 0 aliphatic heterocycles. The highest BCUT2D eigenvalue weighted by Gasteiger charge is 2.30. The maximum absolute atomic E-state index is 12.7. The molecule has 1 aliphatic carbocycles. The molecule has 0 heterocycles. The number of alkyl halides is 3. The minimum absolute atomic E-state index is 0.0154. The Balaban J connectivity index is 1.57. The Hall–Kier alpha value is -2.83. The van der Waals surface area contributed by atoms with Gasteiger partial charge in [-0.15, -0.1) is 0 Å². The first-order valence-corrected chi connectivity index (χ1v) is 10.2.